The molecule has 118 valence electrons. The van der Waals surface area contributed by atoms with Gasteiger partial charge in [0.25, 0.3) is 0 Å². The first-order valence-electron chi connectivity index (χ1n) is 8.35. The van der Waals surface area contributed by atoms with E-state index in [9.17, 15) is 5.11 Å². The minimum absolute atomic E-state index is 0.132. The maximum atomic E-state index is 9.95. The number of nitrogens with two attached hydrogens (primary N) is 1. The standard InChI is InChI=1S/C18H35NO/c1-13(2)10-16(14(3)4)12-18(11-15(5)20)9-7-6-8-17(18)19/h10,14-17,20H,6-9,11-12,19H2,1-5H3/t15-,16-,17?,18+/m0/s1. The summed E-state index contributed by atoms with van der Waals surface area (Å²) in [5, 5.41) is 9.95. The SMILES string of the molecule is CC(C)=C[C@@H](C[C@]1(C[C@H](C)O)CCCCC1N)C(C)C. The van der Waals surface area contributed by atoms with Crippen LogP contribution in [0.5, 0.6) is 0 Å². The van der Waals surface area contributed by atoms with E-state index in [0.717, 1.165) is 19.3 Å². The van der Waals surface area contributed by atoms with Crippen molar-refractivity contribution in [2.45, 2.75) is 85.3 Å². The third-order valence-electron chi connectivity index (χ3n) is 4.97. The molecule has 1 aliphatic rings. The van der Waals surface area contributed by atoms with Crippen LogP contribution >= 0.6 is 0 Å². The first kappa shape index (κ1) is 17.7. The average molecular weight is 281 g/mol. The summed E-state index contributed by atoms with van der Waals surface area (Å²) < 4.78 is 0. The number of hydrogen-bond donors (Lipinski definition) is 2. The molecule has 4 atom stereocenters. The number of allylic oxidation sites excluding steroid dienone is 2. The Morgan fingerprint density at radius 3 is 2.35 bits per heavy atom. The highest BCUT2D eigenvalue weighted by molar-refractivity contribution is 5.03. The molecule has 0 aliphatic heterocycles. The molecule has 0 aromatic rings. The van der Waals surface area contributed by atoms with Gasteiger partial charge in [0, 0.05) is 6.04 Å². The van der Waals surface area contributed by atoms with Gasteiger partial charge in [0.05, 0.1) is 6.10 Å². The van der Waals surface area contributed by atoms with Crippen LogP contribution in [0.3, 0.4) is 0 Å². The highest BCUT2D eigenvalue weighted by atomic mass is 16.3. The molecule has 3 N–H and O–H groups in total. The van der Waals surface area contributed by atoms with Gasteiger partial charge in [-0.3, -0.25) is 0 Å². The molecule has 0 bridgehead atoms. The zero-order chi connectivity index (χ0) is 15.3. The van der Waals surface area contributed by atoms with Crippen molar-refractivity contribution in [3.05, 3.63) is 11.6 Å². The lowest BCUT2D eigenvalue weighted by atomic mass is 9.62. The van der Waals surface area contributed by atoms with Crippen LogP contribution in [0.1, 0.15) is 73.1 Å². The van der Waals surface area contributed by atoms with Gasteiger partial charge in [-0.05, 0) is 63.7 Å². The summed E-state index contributed by atoms with van der Waals surface area (Å²) >= 11 is 0. The van der Waals surface area contributed by atoms with Crippen LogP contribution in [0.25, 0.3) is 0 Å². The van der Waals surface area contributed by atoms with Crippen molar-refractivity contribution in [1.82, 2.24) is 0 Å². The molecule has 0 heterocycles. The van der Waals surface area contributed by atoms with E-state index >= 15 is 0 Å². The summed E-state index contributed by atoms with van der Waals surface area (Å²) in [4.78, 5) is 0. The maximum absolute atomic E-state index is 9.95. The van der Waals surface area contributed by atoms with Crippen LogP contribution in [-0.2, 0) is 0 Å². The lowest BCUT2D eigenvalue weighted by Gasteiger charge is -2.46. The molecule has 0 radical (unpaired) electrons. The molecular weight excluding hydrogens is 246 g/mol. The molecule has 20 heavy (non-hydrogen) atoms. The summed E-state index contributed by atoms with van der Waals surface area (Å²) in [6.07, 6.45) is 8.95. The lowest BCUT2D eigenvalue weighted by Crippen LogP contribution is -2.47. The Morgan fingerprint density at radius 2 is 1.90 bits per heavy atom. The zero-order valence-corrected chi connectivity index (χ0v) is 14.2. The monoisotopic (exact) mass is 281 g/mol. The first-order valence-corrected chi connectivity index (χ1v) is 8.35. The van der Waals surface area contributed by atoms with Gasteiger partial charge in [-0.1, -0.05) is 38.3 Å². The molecule has 0 aromatic heterocycles. The Hall–Kier alpha value is -0.340. The number of aliphatic hydroxyl groups is 1. The Bertz CT molecular complexity index is 317. The van der Waals surface area contributed by atoms with Gasteiger partial charge >= 0.3 is 0 Å². The molecule has 1 rings (SSSR count). The summed E-state index contributed by atoms with van der Waals surface area (Å²) in [7, 11) is 0. The van der Waals surface area contributed by atoms with Crippen LogP contribution < -0.4 is 5.73 Å². The minimum Gasteiger partial charge on any atom is -0.393 e. The molecule has 1 unspecified atom stereocenters. The van der Waals surface area contributed by atoms with Gasteiger partial charge < -0.3 is 10.8 Å². The van der Waals surface area contributed by atoms with Crippen molar-refractivity contribution in [3.8, 4) is 0 Å². The number of rotatable bonds is 6. The van der Waals surface area contributed by atoms with E-state index in [-0.39, 0.29) is 17.6 Å². The van der Waals surface area contributed by atoms with Gasteiger partial charge in [0.15, 0.2) is 0 Å². The van der Waals surface area contributed by atoms with E-state index in [1.165, 1.54) is 24.8 Å². The molecule has 0 amide bonds. The molecule has 2 nitrogen and oxygen atoms in total. The van der Waals surface area contributed by atoms with Gasteiger partial charge in [-0.25, -0.2) is 0 Å². The highest BCUT2D eigenvalue weighted by Crippen LogP contribution is 2.46. The van der Waals surface area contributed by atoms with Crippen LogP contribution in [0.4, 0.5) is 0 Å². The molecule has 0 spiro atoms. The average Bonchev–Trinajstić information content (AvgIpc) is 2.30. The van der Waals surface area contributed by atoms with E-state index in [1.54, 1.807) is 0 Å². The Balaban J connectivity index is 2.95. The van der Waals surface area contributed by atoms with Crippen LogP contribution in [-0.4, -0.2) is 17.3 Å². The Labute approximate surface area is 125 Å². The molecule has 1 fully saturated rings. The second kappa shape index (κ2) is 7.61. The minimum atomic E-state index is -0.251. The fraction of sp³-hybridized carbons (Fsp3) is 0.889. The maximum Gasteiger partial charge on any atom is 0.0518 e. The molecule has 0 aromatic carbocycles. The number of hydrogen-bond acceptors (Lipinski definition) is 2. The van der Waals surface area contributed by atoms with E-state index in [1.807, 2.05) is 6.92 Å². The fourth-order valence-electron chi connectivity index (χ4n) is 3.90. The molecule has 1 saturated carbocycles. The third kappa shape index (κ3) is 4.89. The van der Waals surface area contributed by atoms with Crippen molar-refractivity contribution >= 4 is 0 Å². The second-order valence-corrected chi connectivity index (χ2v) is 7.62. The Kier molecular flexibility index (Phi) is 6.74. The van der Waals surface area contributed by atoms with E-state index in [2.05, 4.69) is 33.8 Å². The second-order valence-electron chi connectivity index (χ2n) is 7.62. The van der Waals surface area contributed by atoms with Crippen LogP contribution in [0, 0.1) is 17.3 Å². The van der Waals surface area contributed by atoms with Gasteiger partial charge in [0.2, 0.25) is 0 Å². The number of aliphatic hydroxyl groups excluding tert-OH is 1. The first-order chi connectivity index (χ1) is 9.27. The topological polar surface area (TPSA) is 46.2 Å². The predicted octanol–water partition coefficient (Wildman–Crippen LogP) is 4.27. The van der Waals surface area contributed by atoms with Crippen molar-refractivity contribution < 1.29 is 5.11 Å². The fourth-order valence-corrected chi connectivity index (χ4v) is 3.90. The highest BCUT2D eigenvalue weighted by Gasteiger charge is 2.41. The largest absolute Gasteiger partial charge is 0.393 e. The van der Waals surface area contributed by atoms with Gasteiger partial charge in [-0.2, -0.15) is 0 Å². The van der Waals surface area contributed by atoms with Gasteiger partial charge in [0.1, 0.15) is 0 Å². The van der Waals surface area contributed by atoms with Crippen molar-refractivity contribution in [1.29, 1.82) is 0 Å². The van der Waals surface area contributed by atoms with Crippen LogP contribution in [0.2, 0.25) is 0 Å². The van der Waals surface area contributed by atoms with Crippen molar-refractivity contribution in [2.75, 3.05) is 0 Å². The van der Waals surface area contributed by atoms with Crippen LogP contribution in [0.15, 0.2) is 11.6 Å². The molecule has 2 heteroatoms. The third-order valence-corrected chi connectivity index (χ3v) is 4.97. The van der Waals surface area contributed by atoms with Crippen molar-refractivity contribution in [3.63, 3.8) is 0 Å². The molecule has 0 saturated heterocycles. The van der Waals surface area contributed by atoms with E-state index in [4.69, 9.17) is 5.73 Å². The summed E-state index contributed by atoms with van der Waals surface area (Å²) in [5.41, 5.74) is 8.03. The quantitative estimate of drug-likeness (QED) is 0.714. The zero-order valence-electron chi connectivity index (χ0n) is 14.2. The van der Waals surface area contributed by atoms with Gasteiger partial charge in [-0.15, -0.1) is 0 Å². The van der Waals surface area contributed by atoms with E-state index < -0.39 is 0 Å². The summed E-state index contributed by atoms with van der Waals surface area (Å²) in [5.74, 6) is 1.20. The molecule has 1 aliphatic carbocycles. The summed E-state index contributed by atoms with van der Waals surface area (Å²) in [6, 6.07) is 0.248. The Morgan fingerprint density at radius 1 is 1.25 bits per heavy atom. The summed E-state index contributed by atoms with van der Waals surface area (Å²) in [6.45, 7) is 10.9. The lowest BCUT2D eigenvalue weighted by molar-refractivity contribution is 0.0417. The normalized spacial score (nSPS) is 30.1. The van der Waals surface area contributed by atoms with Crippen molar-refractivity contribution in [2.24, 2.45) is 23.0 Å². The smallest absolute Gasteiger partial charge is 0.0518 e. The molecular formula is C18H35NO. The van der Waals surface area contributed by atoms with E-state index in [0.29, 0.717) is 11.8 Å². The predicted molar refractivity (Wildman–Crippen MR) is 87.6 cm³/mol.